The number of likely N-dealkylation sites (N-methyl/N-ethyl adjacent to an activating group) is 1. The molecule has 4 unspecified atom stereocenters. The van der Waals surface area contributed by atoms with Gasteiger partial charge in [0.15, 0.2) is 0 Å². The van der Waals surface area contributed by atoms with Crippen molar-refractivity contribution in [1.82, 2.24) is 4.90 Å². The first-order valence-corrected chi connectivity index (χ1v) is 8.56. The second-order valence-electron chi connectivity index (χ2n) is 7.49. The molecule has 2 saturated carbocycles. The van der Waals surface area contributed by atoms with Crippen LogP contribution in [0.15, 0.2) is 18.2 Å². The van der Waals surface area contributed by atoms with Crippen LogP contribution < -0.4 is 5.73 Å². The van der Waals surface area contributed by atoms with E-state index >= 15 is 0 Å². The van der Waals surface area contributed by atoms with Gasteiger partial charge in [-0.15, -0.1) is 0 Å². The van der Waals surface area contributed by atoms with E-state index < -0.39 is 0 Å². The van der Waals surface area contributed by atoms with E-state index in [0.717, 1.165) is 17.8 Å². The maximum Gasteiger partial charge on any atom is 0.0470 e. The largest absolute Gasteiger partial charge is 0.329 e. The molecule has 0 amide bonds. The predicted molar refractivity (Wildman–Crippen MR) is 89.3 cm³/mol. The summed E-state index contributed by atoms with van der Waals surface area (Å²) in [5, 5.41) is 0. The second kappa shape index (κ2) is 6.10. The first-order valence-electron chi connectivity index (χ1n) is 8.56. The van der Waals surface area contributed by atoms with Crippen molar-refractivity contribution in [3.8, 4) is 0 Å². The van der Waals surface area contributed by atoms with Crippen molar-refractivity contribution in [2.45, 2.75) is 45.6 Å². The lowest BCUT2D eigenvalue weighted by molar-refractivity contribution is 0.175. The zero-order chi connectivity index (χ0) is 15.0. The Morgan fingerprint density at radius 1 is 1.24 bits per heavy atom. The average molecular weight is 286 g/mol. The van der Waals surface area contributed by atoms with Crippen LogP contribution in [0.1, 0.15) is 48.4 Å². The third kappa shape index (κ3) is 3.02. The van der Waals surface area contributed by atoms with Gasteiger partial charge in [0, 0.05) is 19.1 Å². The Labute approximate surface area is 129 Å². The van der Waals surface area contributed by atoms with Gasteiger partial charge in [0.25, 0.3) is 0 Å². The summed E-state index contributed by atoms with van der Waals surface area (Å²) in [6, 6.07) is 7.12. The highest BCUT2D eigenvalue weighted by molar-refractivity contribution is 5.33. The number of benzene rings is 1. The molecule has 1 aromatic rings. The minimum absolute atomic E-state index is 0.365. The van der Waals surface area contributed by atoms with Gasteiger partial charge in [0.1, 0.15) is 0 Å². The molecular formula is C19H30N2. The van der Waals surface area contributed by atoms with E-state index in [2.05, 4.69) is 44.0 Å². The molecule has 0 heterocycles. The number of fused-ring (bicyclic) bond motifs is 2. The first kappa shape index (κ1) is 15.1. The van der Waals surface area contributed by atoms with E-state index in [0.29, 0.717) is 12.6 Å². The normalized spacial score (nSPS) is 29.3. The lowest BCUT2D eigenvalue weighted by atomic mass is 9.87. The quantitative estimate of drug-likeness (QED) is 0.895. The third-order valence-corrected chi connectivity index (χ3v) is 5.96. The summed E-state index contributed by atoms with van der Waals surface area (Å²) in [5.41, 5.74) is 10.3. The van der Waals surface area contributed by atoms with Gasteiger partial charge >= 0.3 is 0 Å². The Hall–Kier alpha value is -0.860. The zero-order valence-corrected chi connectivity index (χ0v) is 13.8. The summed E-state index contributed by atoms with van der Waals surface area (Å²) in [7, 11) is 2.27. The third-order valence-electron chi connectivity index (χ3n) is 5.96. The Morgan fingerprint density at radius 3 is 2.67 bits per heavy atom. The van der Waals surface area contributed by atoms with E-state index in [1.165, 1.54) is 48.9 Å². The molecule has 21 heavy (non-hydrogen) atoms. The monoisotopic (exact) mass is 286 g/mol. The van der Waals surface area contributed by atoms with Crippen molar-refractivity contribution < 1.29 is 0 Å². The molecule has 116 valence electrons. The SMILES string of the molecule is Cc1ccc(C)c(C(CN)N(C)CC2CC3CCC2C3)c1. The molecular weight excluding hydrogens is 256 g/mol. The summed E-state index contributed by atoms with van der Waals surface area (Å²) in [6.07, 6.45) is 5.91. The van der Waals surface area contributed by atoms with Crippen molar-refractivity contribution in [2.75, 3.05) is 20.1 Å². The highest BCUT2D eigenvalue weighted by atomic mass is 15.1. The van der Waals surface area contributed by atoms with Crippen LogP contribution in [0.4, 0.5) is 0 Å². The van der Waals surface area contributed by atoms with E-state index in [1.807, 2.05) is 0 Å². The summed E-state index contributed by atoms with van der Waals surface area (Å²) < 4.78 is 0. The zero-order valence-electron chi connectivity index (χ0n) is 13.8. The molecule has 0 radical (unpaired) electrons. The van der Waals surface area contributed by atoms with Gasteiger partial charge in [0.2, 0.25) is 0 Å². The van der Waals surface area contributed by atoms with Crippen molar-refractivity contribution in [3.05, 3.63) is 34.9 Å². The molecule has 2 N–H and O–H groups in total. The fourth-order valence-electron chi connectivity index (χ4n) is 4.76. The van der Waals surface area contributed by atoms with Crippen molar-refractivity contribution in [3.63, 3.8) is 0 Å². The van der Waals surface area contributed by atoms with Crippen LogP contribution in [-0.2, 0) is 0 Å². The number of rotatable bonds is 5. The Kier molecular flexibility index (Phi) is 4.37. The minimum atomic E-state index is 0.365. The highest BCUT2D eigenvalue weighted by Crippen LogP contribution is 2.48. The molecule has 2 heteroatoms. The van der Waals surface area contributed by atoms with Crippen LogP contribution in [0.25, 0.3) is 0 Å². The van der Waals surface area contributed by atoms with Gasteiger partial charge in [0.05, 0.1) is 0 Å². The second-order valence-corrected chi connectivity index (χ2v) is 7.49. The van der Waals surface area contributed by atoms with Crippen molar-refractivity contribution in [2.24, 2.45) is 23.5 Å². The van der Waals surface area contributed by atoms with Gasteiger partial charge in [-0.05, 0) is 69.0 Å². The van der Waals surface area contributed by atoms with Crippen molar-refractivity contribution >= 4 is 0 Å². The van der Waals surface area contributed by atoms with Gasteiger partial charge in [-0.3, -0.25) is 4.90 Å². The van der Waals surface area contributed by atoms with Crippen molar-refractivity contribution in [1.29, 1.82) is 0 Å². The van der Waals surface area contributed by atoms with Gasteiger partial charge in [-0.1, -0.05) is 30.2 Å². The van der Waals surface area contributed by atoms with Gasteiger partial charge in [-0.2, -0.15) is 0 Å². The Morgan fingerprint density at radius 2 is 2.05 bits per heavy atom. The van der Waals surface area contributed by atoms with Crippen LogP contribution in [0.2, 0.25) is 0 Å². The maximum absolute atomic E-state index is 6.13. The van der Waals surface area contributed by atoms with Gasteiger partial charge < -0.3 is 5.73 Å². The van der Waals surface area contributed by atoms with E-state index in [4.69, 9.17) is 5.73 Å². The number of aryl methyl sites for hydroxylation is 2. The van der Waals surface area contributed by atoms with Crippen LogP contribution in [0.3, 0.4) is 0 Å². The molecule has 2 bridgehead atoms. The summed E-state index contributed by atoms with van der Waals surface area (Å²) in [4.78, 5) is 2.52. The molecule has 2 aliphatic rings. The lowest BCUT2D eigenvalue weighted by Gasteiger charge is -2.33. The molecule has 2 aliphatic carbocycles. The fourth-order valence-corrected chi connectivity index (χ4v) is 4.76. The number of hydrogen-bond donors (Lipinski definition) is 1. The molecule has 2 fully saturated rings. The number of nitrogens with zero attached hydrogens (tertiary/aromatic N) is 1. The molecule has 0 saturated heterocycles. The Balaban J connectivity index is 1.71. The molecule has 3 rings (SSSR count). The fraction of sp³-hybridized carbons (Fsp3) is 0.684. The van der Waals surface area contributed by atoms with Gasteiger partial charge in [-0.25, -0.2) is 0 Å². The molecule has 4 atom stereocenters. The predicted octanol–water partition coefficient (Wildman–Crippen LogP) is 3.67. The maximum atomic E-state index is 6.13. The lowest BCUT2D eigenvalue weighted by Crippen LogP contribution is -2.36. The average Bonchev–Trinajstić information content (AvgIpc) is 3.06. The number of hydrogen-bond acceptors (Lipinski definition) is 2. The molecule has 0 aliphatic heterocycles. The summed E-state index contributed by atoms with van der Waals surface area (Å²) in [5.74, 6) is 2.94. The summed E-state index contributed by atoms with van der Waals surface area (Å²) >= 11 is 0. The molecule has 0 aromatic heterocycles. The molecule has 1 aromatic carbocycles. The standard InChI is InChI=1S/C19H30N2/c1-13-4-5-14(2)18(8-13)19(11-20)21(3)12-17-10-15-6-7-16(17)9-15/h4-5,8,15-17,19H,6-7,9-12,20H2,1-3H3. The van der Waals surface area contributed by atoms with Crippen LogP contribution in [0.5, 0.6) is 0 Å². The van der Waals surface area contributed by atoms with Crippen LogP contribution in [-0.4, -0.2) is 25.0 Å². The summed E-state index contributed by atoms with van der Waals surface area (Å²) in [6.45, 7) is 6.31. The Bertz CT molecular complexity index is 496. The van der Waals surface area contributed by atoms with E-state index in [-0.39, 0.29) is 0 Å². The molecule has 2 nitrogen and oxygen atoms in total. The van der Waals surface area contributed by atoms with E-state index in [1.54, 1.807) is 0 Å². The first-order chi connectivity index (χ1) is 10.1. The number of nitrogens with two attached hydrogens (primary N) is 1. The minimum Gasteiger partial charge on any atom is -0.329 e. The molecule has 0 spiro atoms. The topological polar surface area (TPSA) is 29.3 Å². The highest BCUT2D eigenvalue weighted by Gasteiger charge is 2.40. The van der Waals surface area contributed by atoms with E-state index in [9.17, 15) is 0 Å². The van der Waals surface area contributed by atoms with Crippen LogP contribution >= 0.6 is 0 Å². The smallest absolute Gasteiger partial charge is 0.0470 e. The van der Waals surface area contributed by atoms with Crippen LogP contribution in [0, 0.1) is 31.6 Å².